The fraction of sp³-hybridized carbons (Fsp3) is 0.500. The van der Waals surface area contributed by atoms with Crippen LogP contribution in [0.25, 0.3) is 0 Å². The van der Waals surface area contributed by atoms with Crippen molar-refractivity contribution >= 4 is 0 Å². The molecule has 1 saturated heterocycles. The zero-order chi connectivity index (χ0) is 14.1. The van der Waals surface area contributed by atoms with Crippen molar-refractivity contribution in [2.24, 2.45) is 5.41 Å². The van der Waals surface area contributed by atoms with E-state index in [-0.39, 0.29) is 5.41 Å². The first-order valence-electron chi connectivity index (χ1n) is 6.54. The van der Waals surface area contributed by atoms with Crippen molar-refractivity contribution in [1.82, 2.24) is 0 Å². The lowest BCUT2D eigenvalue weighted by Gasteiger charge is -2.41. The number of ether oxygens (including phenoxy) is 1. The molecule has 1 aliphatic heterocycles. The third kappa shape index (κ3) is 2.02. The lowest BCUT2D eigenvalue weighted by Crippen LogP contribution is -2.49. The quantitative estimate of drug-likeness (QED) is 0.610. The van der Waals surface area contributed by atoms with Crippen LogP contribution in [0.1, 0.15) is 33.3 Å². The van der Waals surface area contributed by atoms with Crippen LogP contribution in [0.5, 0.6) is 0 Å². The first-order valence-corrected chi connectivity index (χ1v) is 6.54. The van der Waals surface area contributed by atoms with Crippen LogP contribution in [-0.2, 0) is 20.3 Å². The van der Waals surface area contributed by atoms with E-state index in [1.54, 1.807) is 6.08 Å². The van der Waals surface area contributed by atoms with Gasteiger partial charge in [-0.1, -0.05) is 50.3 Å². The van der Waals surface area contributed by atoms with Crippen molar-refractivity contribution in [3.8, 4) is 0 Å². The van der Waals surface area contributed by atoms with E-state index in [9.17, 15) is 0 Å². The van der Waals surface area contributed by atoms with E-state index >= 15 is 0 Å². The highest BCUT2D eigenvalue weighted by Gasteiger charge is 2.64. The molecule has 19 heavy (non-hydrogen) atoms. The van der Waals surface area contributed by atoms with Crippen molar-refractivity contribution in [2.45, 2.75) is 39.1 Å². The number of benzene rings is 1. The maximum absolute atomic E-state index is 6.01. The van der Waals surface area contributed by atoms with E-state index in [4.69, 9.17) is 14.5 Å². The van der Waals surface area contributed by atoms with Gasteiger partial charge in [0, 0.05) is 5.56 Å². The van der Waals surface area contributed by atoms with E-state index in [0.717, 1.165) is 5.56 Å². The van der Waals surface area contributed by atoms with Crippen LogP contribution >= 0.6 is 0 Å². The Morgan fingerprint density at radius 3 is 2.21 bits per heavy atom. The van der Waals surface area contributed by atoms with Crippen molar-refractivity contribution in [2.75, 3.05) is 6.61 Å². The van der Waals surface area contributed by atoms with Gasteiger partial charge in [-0.05, 0) is 13.8 Å². The third-order valence-electron chi connectivity index (χ3n) is 4.25. The lowest BCUT2D eigenvalue weighted by atomic mass is 9.69. The van der Waals surface area contributed by atoms with E-state index in [2.05, 4.69) is 20.4 Å². The fourth-order valence-corrected chi connectivity index (χ4v) is 2.30. The molecular formula is C16H22O3. The van der Waals surface area contributed by atoms with E-state index < -0.39 is 11.4 Å². The summed E-state index contributed by atoms with van der Waals surface area (Å²) >= 11 is 0. The Hall–Kier alpha value is -1.16. The minimum Gasteiger partial charge on any atom is -0.339 e. The van der Waals surface area contributed by atoms with Crippen LogP contribution in [0.15, 0.2) is 43.0 Å². The molecule has 1 aromatic carbocycles. The number of hydrogen-bond donors (Lipinski definition) is 0. The summed E-state index contributed by atoms with van der Waals surface area (Å²) in [5.41, 5.74) is 0.140. The highest BCUT2D eigenvalue weighted by atomic mass is 17.2. The second kappa shape index (κ2) is 4.75. The average Bonchev–Trinajstić information content (AvgIpc) is 2.57. The minimum atomic E-state index is -0.925. The maximum Gasteiger partial charge on any atom is 0.236 e. The summed E-state index contributed by atoms with van der Waals surface area (Å²) < 4.78 is 6.01. The first kappa shape index (κ1) is 14.3. The van der Waals surface area contributed by atoms with Gasteiger partial charge in [-0.25, -0.2) is 4.89 Å². The number of hydrogen-bond acceptors (Lipinski definition) is 3. The second-order valence-electron chi connectivity index (χ2n) is 5.88. The zero-order valence-electron chi connectivity index (χ0n) is 12.1. The molecule has 104 valence electrons. The monoisotopic (exact) mass is 262 g/mol. The molecule has 3 nitrogen and oxygen atoms in total. The molecule has 0 saturated carbocycles. The topological polar surface area (TPSA) is 27.7 Å². The largest absolute Gasteiger partial charge is 0.339 e. The summed E-state index contributed by atoms with van der Waals surface area (Å²) in [4.78, 5) is 11.3. The van der Waals surface area contributed by atoms with Crippen molar-refractivity contribution in [3.05, 3.63) is 48.6 Å². The third-order valence-corrected chi connectivity index (χ3v) is 4.25. The number of rotatable bonds is 4. The molecule has 1 fully saturated rings. The maximum atomic E-state index is 6.01. The highest BCUT2D eigenvalue weighted by Crippen LogP contribution is 2.57. The molecule has 0 bridgehead atoms. The van der Waals surface area contributed by atoms with Gasteiger partial charge in [0.2, 0.25) is 5.79 Å². The lowest BCUT2D eigenvalue weighted by molar-refractivity contribution is -0.408. The molecule has 1 heterocycles. The summed E-state index contributed by atoms with van der Waals surface area (Å²) in [6.45, 7) is 12.3. The summed E-state index contributed by atoms with van der Waals surface area (Å²) in [6.07, 6.45) is 1.72. The molecule has 1 unspecified atom stereocenters. The van der Waals surface area contributed by atoms with Crippen molar-refractivity contribution in [3.63, 3.8) is 0 Å². The normalized spacial score (nSPS) is 28.2. The fourth-order valence-electron chi connectivity index (χ4n) is 2.30. The van der Waals surface area contributed by atoms with Gasteiger partial charge in [-0.2, -0.15) is 4.89 Å². The van der Waals surface area contributed by atoms with Gasteiger partial charge in [0.1, 0.15) is 5.60 Å². The smallest absolute Gasteiger partial charge is 0.236 e. The molecule has 2 rings (SSSR count). The SMILES string of the molecule is C=CCOC1(c2ccccc2)OOC(C)(C)C1(C)C. The summed E-state index contributed by atoms with van der Waals surface area (Å²) in [5.74, 6) is -0.925. The minimum absolute atomic E-state index is 0.357. The van der Waals surface area contributed by atoms with Crippen LogP contribution in [-0.4, -0.2) is 12.2 Å². The van der Waals surface area contributed by atoms with Crippen LogP contribution in [0.3, 0.4) is 0 Å². The summed E-state index contributed by atoms with van der Waals surface area (Å²) in [5, 5.41) is 0. The molecule has 0 aromatic heterocycles. The summed E-state index contributed by atoms with van der Waals surface area (Å²) in [6, 6.07) is 9.90. The summed E-state index contributed by atoms with van der Waals surface area (Å²) in [7, 11) is 0. The van der Waals surface area contributed by atoms with Gasteiger partial charge in [-0.15, -0.1) is 6.58 Å². The van der Waals surface area contributed by atoms with Gasteiger partial charge >= 0.3 is 0 Å². The molecule has 0 spiro atoms. The van der Waals surface area contributed by atoms with Gasteiger partial charge in [0.15, 0.2) is 0 Å². The van der Waals surface area contributed by atoms with E-state index in [1.165, 1.54) is 0 Å². The van der Waals surface area contributed by atoms with E-state index in [1.807, 2.05) is 44.2 Å². The van der Waals surface area contributed by atoms with Gasteiger partial charge < -0.3 is 4.74 Å². The first-order chi connectivity index (χ1) is 8.87. The van der Waals surface area contributed by atoms with Crippen molar-refractivity contribution in [1.29, 1.82) is 0 Å². The van der Waals surface area contributed by atoms with Crippen LogP contribution in [0.4, 0.5) is 0 Å². The Balaban J connectivity index is 2.51. The standard InChI is InChI=1S/C16H22O3/c1-6-12-17-16(13-10-8-7-9-11-13)14(2,3)15(4,5)18-19-16/h6-11H,1,12H2,2-5H3. The Labute approximate surface area is 115 Å². The van der Waals surface area contributed by atoms with E-state index in [0.29, 0.717) is 6.61 Å². The van der Waals surface area contributed by atoms with Gasteiger partial charge in [0.05, 0.1) is 12.0 Å². The Kier molecular flexibility index (Phi) is 3.56. The molecule has 0 aliphatic carbocycles. The molecule has 0 radical (unpaired) electrons. The zero-order valence-corrected chi connectivity index (χ0v) is 12.1. The molecule has 0 amide bonds. The second-order valence-corrected chi connectivity index (χ2v) is 5.88. The average molecular weight is 262 g/mol. The molecule has 3 heteroatoms. The van der Waals surface area contributed by atoms with Crippen LogP contribution in [0, 0.1) is 5.41 Å². The molecule has 1 atom stereocenters. The molecule has 1 aliphatic rings. The van der Waals surface area contributed by atoms with Crippen molar-refractivity contribution < 1.29 is 14.5 Å². The molecule has 0 N–H and O–H groups in total. The molecular weight excluding hydrogens is 240 g/mol. The predicted molar refractivity (Wildman–Crippen MR) is 74.3 cm³/mol. The Morgan fingerprint density at radius 2 is 1.74 bits per heavy atom. The van der Waals surface area contributed by atoms with Gasteiger partial charge in [0.25, 0.3) is 0 Å². The van der Waals surface area contributed by atoms with Crippen LogP contribution in [0.2, 0.25) is 0 Å². The predicted octanol–water partition coefficient (Wildman–Crippen LogP) is 3.81. The Morgan fingerprint density at radius 1 is 1.11 bits per heavy atom. The Bertz CT molecular complexity index is 450. The van der Waals surface area contributed by atoms with Crippen LogP contribution < -0.4 is 0 Å². The molecule has 1 aromatic rings. The highest BCUT2D eigenvalue weighted by molar-refractivity contribution is 5.25. The van der Waals surface area contributed by atoms with Gasteiger partial charge in [-0.3, -0.25) is 0 Å².